The van der Waals surface area contributed by atoms with Crippen molar-refractivity contribution >= 4 is 51.9 Å². The molecule has 1 amide bonds. The Morgan fingerprint density at radius 2 is 1.87 bits per heavy atom. The van der Waals surface area contributed by atoms with E-state index in [2.05, 4.69) is 66.5 Å². The number of thiocarbonyl (C=S) groups is 1. The Balaban J connectivity index is 1.57. The summed E-state index contributed by atoms with van der Waals surface area (Å²) in [5.41, 5.74) is 5.36. The maximum Gasteiger partial charge on any atom is 0.250 e. The lowest BCUT2D eigenvalue weighted by molar-refractivity contribution is -0.119. The summed E-state index contributed by atoms with van der Waals surface area (Å²) in [5.74, 6) is -0.281. The van der Waals surface area contributed by atoms with Gasteiger partial charge in [-0.25, -0.2) is 0 Å². The number of carbonyl (C=O) groups excluding carboxylic acids is 1. The van der Waals surface area contributed by atoms with Crippen molar-refractivity contribution < 1.29 is 9.53 Å². The molecule has 1 saturated heterocycles. The number of nitrogens with zero attached hydrogens (tertiary/aromatic N) is 4. The molecule has 2 aromatic heterocycles. The number of hydrogen-bond acceptors (Lipinski definition) is 5. The van der Waals surface area contributed by atoms with E-state index in [4.69, 9.17) is 28.6 Å². The average molecular weight is 561 g/mol. The van der Waals surface area contributed by atoms with Gasteiger partial charge in [0.2, 0.25) is 5.91 Å². The molecule has 1 fully saturated rings. The first-order valence-electron chi connectivity index (χ1n) is 12.4. The molecule has 2 atom stereocenters. The Hall–Kier alpha value is -3.92. The lowest BCUT2D eigenvalue weighted by atomic mass is 10.0. The highest BCUT2D eigenvalue weighted by Crippen LogP contribution is 2.43. The van der Waals surface area contributed by atoms with Gasteiger partial charge in [-0.3, -0.25) is 9.78 Å². The van der Waals surface area contributed by atoms with Crippen LogP contribution >= 0.6 is 23.8 Å². The fourth-order valence-corrected chi connectivity index (χ4v) is 5.36. The third-order valence-corrected chi connectivity index (χ3v) is 7.23. The van der Waals surface area contributed by atoms with Crippen LogP contribution in [0.5, 0.6) is 0 Å². The SMILES string of the molecule is COCC(=O)Nc1ccc(N2C(=S)N[C@H](c3ccccn3)[C@@H]2c2cccn2-c2ccc(N(C)C)cc2)cc1Cl. The summed E-state index contributed by atoms with van der Waals surface area (Å²) in [6.45, 7) is -0.0570. The van der Waals surface area contributed by atoms with E-state index >= 15 is 0 Å². The fourth-order valence-electron chi connectivity index (χ4n) is 4.79. The molecular formula is C29H29ClN6O2S. The maximum atomic E-state index is 12.0. The van der Waals surface area contributed by atoms with Gasteiger partial charge in [-0.05, 0) is 78.9 Å². The van der Waals surface area contributed by atoms with Gasteiger partial charge in [0.1, 0.15) is 12.6 Å². The zero-order chi connectivity index (χ0) is 27.5. The molecule has 1 aliphatic rings. The number of nitrogens with one attached hydrogen (secondary N) is 2. The van der Waals surface area contributed by atoms with Gasteiger partial charge >= 0.3 is 0 Å². The van der Waals surface area contributed by atoms with Gasteiger partial charge in [0.15, 0.2) is 5.11 Å². The monoisotopic (exact) mass is 560 g/mol. The zero-order valence-corrected chi connectivity index (χ0v) is 23.4. The summed E-state index contributed by atoms with van der Waals surface area (Å²) in [7, 11) is 5.52. The predicted molar refractivity (Wildman–Crippen MR) is 160 cm³/mol. The molecule has 200 valence electrons. The molecule has 2 aromatic carbocycles. The quantitative estimate of drug-likeness (QED) is 0.281. The highest BCUT2D eigenvalue weighted by atomic mass is 35.5. The first kappa shape index (κ1) is 26.7. The molecule has 0 aliphatic carbocycles. The minimum absolute atomic E-state index is 0.0570. The molecule has 0 unspecified atom stereocenters. The molecule has 3 heterocycles. The van der Waals surface area contributed by atoms with Crippen molar-refractivity contribution in [2.45, 2.75) is 12.1 Å². The highest BCUT2D eigenvalue weighted by Gasteiger charge is 2.42. The minimum atomic E-state index is -0.281. The standard InChI is InChI=1S/C29H29ClN6O2S/c1-34(2)19-9-11-20(12-10-19)35-16-6-8-25(35)28-27(24-7-4-5-15-31-24)33-29(39)36(28)21-13-14-23(22(30)17-21)32-26(37)18-38-3/h4-17,27-28H,18H2,1-3H3,(H,32,37)(H,33,39)/t27-,28+/m1/s1. The zero-order valence-electron chi connectivity index (χ0n) is 21.8. The van der Waals surface area contributed by atoms with E-state index in [1.807, 2.05) is 50.5 Å². The molecule has 0 radical (unpaired) electrons. The summed E-state index contributed by atoms with van der Waals surface area (Å²) in [6, 6.07) is 23.4. The molecule has 2 N–H and O–H groups in total. The van der Waals surface area contributed by atoms with Crippen molar-refractivity contribution in [1.29, 1.82) is 0 Å². The number of halogens is 1. The van der Waals surface area contributed by atoms with Crippen LogP contribution in [0.4, 0.5) is 17.1 Å². The molecule has 0 spiro atoms. The van der Waals surface area contributed by atoms with Crippen LogP contribution in [0.1, 0.15) is 23.5 Å². The Morgan fingerprint density at radius 3 is 2.54 bits per heavy atom. The Bertz CT molecular complexity index is 1470. The maximum absolute atomic E-state index is 12.0. The van der Waals surface area contributed by atoms with Gasteiger partial charge in [0.25, 0.3) is 0 Å². The van der Waals surface area contributed by atoms with E-state index in [1.54, 1.807) is 12.3 Å². The summed E-state index contributed by atoms with van der Waals surface area (Å²) < 4.78 is 7.08. The Labute approximate surface area is 238 Å². The second-order valence-electron chi connectivity index (χ2n) is 9.36. The van der Waals surface area contributed by atoms with Crippen molar-refractivity contribution in [3.8, 4) is 5.69 Å². The average Bonchev–Trinajstić information content (AvgIpc) is 3.55. The largest absolute Gasteiger partial charge is 0.378 e. The van der Waals surface area contributed by atoms with Crippen molar-refractivity contribution in [3.05, 3.63) is 102 Å². The fraction of sp³-hybridized carbons (Fsp3) is 0.207. The first-order chi connectivity index (χ1) is 18.9. The molecular weight excluding hydrogens is 532 g/mol. The van der Waals surface area contributed by atoms with Gasteiger partial charge in [-0.1, -0.05) is 17.7 Å². The van der Waals surface area contributed by atoms with Crippen molar-refractivity contribution in [2.75, 3.05) is 42.9 Å². The van der Waals surface area contributed by atoms with E-state index in [0.29, 0.717) is 15.8 Å². The van der Waals surface area contributed by atoms with Crippen LogP contribution in [0, 0.1) is 0 Å². The summed E-state index contributed by atoms with van der Waals surface area (Å²) in [5, 5.41) is 7.22. The predicted octanol–water partition coefficient (Wildman–Crippen LogP) is 5.35. The van der Waals surface area contributed by atoms with Crippen LogP contribution in [-0.2, 0) is 9.53 Å². The van der Waals surface area contributed by atoms with E-state index in [0.717, 1.165) is 28.5 Å². The van der Waals surface area contributed by atoms with Gasteiger partial charge in [0.05, 0.1) is 22.4 Å². The van der Waals surface area contributed by atoms with Crippen molar-refractivity contribution in [2.24, 2.45) is 0 Å². The lowest BCUT2D eigenvalue weighted by Gasteiger charge is -2.29. The number of pyridine rings is 1. The number of anilines is 3. The molecule has 8 nitrogen and oxygen atoms in total. The number of ether oxygens (including phenoxy) is 1. The van der Waals surface area contributed by atoms with Gasteiger partial charge < -0.3 is 29.7 Å². The van der Waals surface area contributed by atoms with Crippen LogP contribution in [0.3, 0.4) is 0 Å². The number of aromatic nitrogens is 2. The normalized spacial score (nSPS) is 16.7. The summed E-state index contributed by atoms with van der Waals surface area (Å²) in [4.78, 5) is 20.8. The van der Waals surface area contributed by atoms with Gasteiger partial charge in [0, 0.05) is 56.4 Å². The number of rotatable bonds is 8. The molecule has 4 aromatic rings. The molecule has 39 heavy (non-hydrogen) atoms. The number of benzene rings is 2. The number of amides is 1. The van der Waals surface area contributed by atoms with Crippen molar-refractivity contribution in [3.63, 3.8) is 0 Å². The van der Waals surface area contributed by atoms with Crippen LogP contribution < -0.4 is 20.4 Å². The lowest BCUT2D eigenvalue weighted by Crippen LogP contribution is -2.30. The molecule has 5 rings (SSSR count). The topological polar surface area (TPSA) is 74.7 Å². The number of carbonyl (C=O) groups is 1. The highest BCUT2D eigenvalue weighted by molar-refractivity contribution is 7.80. The molecule has 0 saturated carbocycles. The number of hydrogen-bond donors (Lipinski definition) is 2. The van der Waals surface area contributed by atoms with Crippen LogP contribution in [-0.4, -0.2) is 48.4 Å². The summed E-state index contributed by atoms with van der Waals surface area (Å²) >= 11 is 12.5. The van der Waals surface area contributed by atoms with Crippen LogP contribution in [0.25, 0.3) is 5.69 Å². The van der Waals surface area contributed by atoms with Crippen LogP contribution in [0.2, 0.25) is 5.02 Å². The van der Waals surface area contributed by atoms with Gasteiger partial charge in [-0.15, -0.1) is 0 Å². The molecule has 0 bridgehead atoms. The Kier molecular flexibility index (Phi) is 7.83. The molecule has 1 aliphatic heterocycles. The van der Waals surface area contributed by atoms with E-state index in [1.165, 1.54) is 7.11 Å². The number of methoxy groups -OCH3 is 1. The molecule has 10 heteroatoms. The third-order valence-electron chi connectivity index (χ3n) is 6.61. The second kappa shape index (κ2) is 11.4. The van der Waals surface area contributed by atoms with Gasteiger partial charge in [-0.2, -0.15) is 0 Å². The first-order valence-corrected chi connectivity index (χ1v) is 13.2. The Morgan fingerprint density at radius 1 is 1.10 bits per heavy atom. The van der Waals surface area contributed by atoms with E-state index < -0.39 is 0 Å². The van der Waals surface area contributed by atoms with E-state index in [9.17, 15) is 4.79 Å². The minimum Gasteiger partial charge on any atom is -0.378 e. The third kappa shape index (κ3) is 5.47. The second-order valence-corrected chi connectivity index (χ2v) is 10.1. The summed E-state index contributed by atoms with van der Waals surface area (Å²) in [6.07, 6.45) is 3.84. The van der Waals surface area contributed by atoms with E-state index in [-0.39, 0.29) is 24.6 Å². The van der Waals surface area contributed by atoms with Crippen LogP contribution in [0.15, 0.2) is 85.2 Å². The van der Waals surface area contributed by atoms with Crippen molar-refractivity contribution in [1.82, 2.24) is 14.9 Å². The smallest absolute Gasteiger partial charge is 0.250 e.